The van der Waals surface area contributed by atoms with Crippen LogP contribution in [-0.2, 0) is 11.4 Å². The lowest BCUT2D eigenvalue weighted by Crippen LogP contribution is -2.23. The van der Waals surface area contributed by atoms with Gasteiger partial charge in [-0.2, -0.15) is 5.10 Å². The molecule has 1 amide bonds. The second-order valence-electron chi connectivity index (χ2n) is 7.06. The van der Waals surface area contributed by atoms with Crippen molar-refractivity contribution in [2.24, 2.45) is 0 Å². The Morgan fingerprint density at radius 2 is 1.79 bits per heavy atom. The Morgan fingerprint density at radius 3 is 2.42 bits per heavy atom. The molecular formula is C23H26N4O6. The molecule has 0 aliphatic rings. The summed E-state index contributed by atoms with van der Waals surface area (Å²) in [5, 5.41) is 17.4. The first kappa shape index (κ1) is 23.6. The van der Waals surface area contributed by atoms with Crippen LogP contribution in [0.3, 0.4) is 0 Å². The van der Waals surface area contributed by atoms with Gasteiger partial charge in [-0.25, -0.2) is 0 Å². The van der Waals surface area contributed by atoms with Crippen molar-refractivity contribution in [3.63, 3.8) is 0 Å². The molecule has 1 N–H and O–H groups in total. The van der Waals surface area contributed by atoms with Crippen LogP contribution in [0.2, 0.25) is 0 Å². The Hall–Kier alpha value is -4.08. The molecule has 174 valence electrons. The summed E-state index contributed by atoms with van der Waals surface area (Å²) >= 11 is 0. The summed E-state index contributed by atoms with van der Waals surface area (Å²) in [6.07, 6.45) is 2.33. The fourth-order valence-electron chi connectivity index (χ4n) is 2.99. The molecule has 1 atom stereocenters. The number of aromatic nitrogens is 2. The molecule has 0 radical (unpaired) electrons. The van der Waals surface area contributed by atoms with E-state index in [4.69, 9.17) is 14.2 Å². The molecule has 0 aliphatic heterocycles. The zero-order valence-electron chi connectivity index (χ0n) is 18.7. The third-order valence-corrected chi connectivity index (χ3v) is 4.71. The lowest BCUT2D eigenvalue weighted by Gasteiger charge is -2.14. The predicted octanol–water partition coefficient (Wildman–Crippen LogP) is 4.37. The number of hydrogen-bond acceptors (Lipinski definition) is 7. The number of nitrogens with one attached hydrogen (secondary N) is 1. The number of carbonyl (C=O) groups is 1. The molecule has 0 spiro atoms. The van der Waals surface area contributed by atoms with Crippen molar-refractivity contribution in [3.8, 4) is 17.2 Å². The van der Waals surface area contributed by atoms with Crippen molar-refractivity contribution >= 4 is 17.3 Å². The monoisotopic (exact) mass is 454 g/mol. The standard InChI is InChI=1S/C23H26N4O6/c1-4-31-21-11-6-17(12-22(21)32-5-2)15-33-20-9-7-18(8-10-20)25-23(28)16(3)26-14-19(13-24-26)27(29)30/h6-14,16H,4-5,15H2,1-3H3,(H,25,28). The van der Waals surface area contributed by atoms with Gasteiger partial charge in [0.25, 0.3) is 0 Å². The molecule has 10 nitrogen and oxygen atoms in total. The average Bonchev–Trinajstić information content (AvgIpc) is 3.30. The predicted molar refractivity (Wildman–Crippen MR) is 122 cm³/mol. The van der Waals surface area contributed by atoms with E-state index in [1.165, 1.54) is 10.9 Å². The maximum Gasteiger partial charge on any atom is 0.307 e. The van der Waals surface area contributed by atoms with Crippen molar-refractivity contribution < 1.29 is 23.9 Å². The van der Waals surface area contributed by atoms with E-state index in [2.05, 4.69) is 10.4 Å². The molecule has 1 aromatic heterocycles. The number of ether oxygens (including phenoxy) is 3. The third-order valence-electron chi connectivity index (χ3n) is 4.71. The molecule has 0 bridgehead atoms. The highest BCUT2D eigenvalue weighted by atomic mass is 16.6. The van der Waals surface area contributed by atoms with Crippen LogP contribution in [0.4, 0.5) is 11.4 Å². The molecule has 3 aromatic rings. The lowest BCUT2D eigenvalue weighted by molar-refractivity contribution is -0.385. The Balaban J connectivity index is 1.57. The molecule has 10 heteroatoms. The highest BCUT2D eigenvalue weighted by Gasteiger charge is 2.19. The maximum atomic E-state index is 12.5. The van der Waals surface area contributed by atoms with Gasteiger partial charge in [0.05, 0.1) is 18.1 Å². The molecule has 2 aromatic carbocycles. The summed E-state index contributed by atoms with van der Waals surface area (Å²) in [6, 6.07) is 11.9. The van der Waals surface area contributed by atoms with E-state index in [1.54, 1.807) is 31.2 Å². The molecular weight excluding hydrogens is 428 g/mol. The zero-order chi connectivity index (χ0) is 23.8. The first-order valence-electron chi connectivity index (χ1n) is 10.5. The number of rotatable bonds is 11. The van der Waals surface area contributed by atoms with Gasteiger partial charge in [-0.15, -0.1) is 0 Å². The van der Waals surface area contributed by atoms with Gasteiger partial charge >= 0.3 is 5.69 Å². The first-order chi connectivity index (χ1) is 15.9. The highest BCUT2D eigenvalue weighted by Crippen LogP contribution is 2.29. The van der Waals surface area contributed by atoms with Crippen LogP contribution in [0, 0.1) is 10.1 Å². The minimum Gasteiger partial charge on any atom is -0.490 e. The van der Waals surface area contributed by atoms with Crippen LogP contribution in [0.25, 0.3) is 0 Å². The first-order valence-corrected chi connectivity index (χ1v) is 10.5. The fraction of sp³-hybridized carbons (Fsp3) is 0.304. The van der Waals surface area contributed by atoms with Gasteiger partial charge in [0.1, 0.15) is 30.8 Å². The fourth-order valence-corrected chi connectivity index (χ4v) is 2.99. The lowest BCUT2D eigenvalue weighted by atomic mass is 10.2. The van der Waals surface area contributed by atoms with Crippen molar-refractivity contribution in [3.05, 3.63) is 70.5 Å². The second kappa shape index (κ2) is 11.0. The number of nitro groups is 1. The van der Waals surface area contributed by atoms with E-state index in [-0.39, 0.29) is 11.6 Å². The van der Waals surface area contributed by atoms with Gasteiger partial charge in [0, 0.05) is 5.69 Å². The van der Waals surface area contributed by atoms with Gasteiger partial charge in [-0.1, -0.05) is 6.07 Å². The number of anilines is 1. The van der Waals surface area contributed by atoms with Crippen LogP contribution < -0.4 is 19.5 Å². The van der Waals surface area contributed by atoms with Crippen molar-refractivity contribution in [2.75, 3.05) is 18.5 Å². The quantitative estimate of drug-likeness (QED) is 0.338. The third kappa shape index (κ3) is 6.22. The zero-order valence-corrected chi connectivity index (χ0v) is 18.7. The van der Waals surface area contributed by atoms with Crippen LogP contribution in [0.1, 0.15) is 32.4 Å². The van der Waals surface area contributed by atoms with E-state index in [0.29, 0.717) is 42.8 Å². The van der Waals surface area contributed by atoms with Crippen LogP contribution in [0.5, 0.6) is 17.2 Å². The topological polar surface area (TPSA) is 118 Å². The molecule has 33 heavy (non-hydrogen) atoms. The smallest absolute Gasteiger partial charge is 0.307 e. The Bertz CT molecular complexity index is 1100. The Kier molecular flexibility index (Phi) is 7.85. The molecule has 3 rings (SSSR count). The molecule has 0 aliphatic carbocycles. The van der Waals surface area contributed by atoms with Gasteiger partial charge in [-0.3, -0.25) is 19.6 Å². The molecule has 1 heterocycles. The van der Waals surface area contributed by atoms with Crippen LogP contribution >= 0.6 is 0 Å². The van der Waals surface area contributed by atoms with Crippen molar-refractivity contribution in [1.82, 2.24) is 9.78 Å². The summed E-state index contributed by atoms with van der Waals surface area (Å²) in [7, 11) is 0. The van der Waals surface area contributed by atoms with Crippen molar-refractivity contribution in [2.45, 2.75) is 33.4 Å². The van der Waals surface area contributed by atoms with Gasteiger partial charge in [0.15, 0.2) is 11.5 Å². The summed E-state index contributed by atoms with van der Waals surface area (Å²) in [6.45, 7) is 6.87. The summed E-state index contributed by atoms with van der Waals surface area (Å²) < 4.78 is 18.3. The largest absolute Gasteiger partial charge is 0.490 e. The van der Waals surface area contributed by atoms with Crippen LogP contribution in [-0.4, -0.2) is 33.8 Å². The van der Waals surface area contributed by atoms with E-state index in [1.807, 2.05) is 32.0 Å². The maximum absolute atomic E-state index is 12.5. The summed E-state index contributed by atoms with van der Waals surface area (Å²) in [4.78, 5) is 22.7. The number of amides is 1. The SMILES string of the molecule is CCOc1ccc(COc2ccc(NC(=O)C(C)n3cc([N+](=O)[O-])cn3)cc2)cc1OCC. The van der Waals surface area contributed by atoms with E-state index in [0.717, 1.165) is 11.8 Å². The summed E-state index contributed by atoms with van der Waals surface area (Å²) in [5.41, 5.74) is 1.33. The van der Waals surface area contributed by atoms with Gasteiger partial charge in [-0.05, 0) is 62.7 Å². The number of hydrogen-bond donors (Lipinski definition) is 1. The van der Waals surface area contributed by atoms with E-state index >= 15 is 0 Å². The molecule has 0 saturated heterocycles. The Morgan fingerprint density at radius 1 is 1.09 bits per heavy atom. The van der Waals surface area contributed by atoms with Gasteiger partial charge in [0.2, 0.25) is 5.91 Å². The number of nitrogens with zero attached hydrogens (tertiary/aromatic N) is 3. The van der Waals surface area contributed by atoms with E-state index < -0.39 is 11.0 Å². The van der Waals surface area contributed by atoms with Crippen molar-refractivity contribution in [1.29, 1.82) is 0 Å². The Labute approximate surface area is 191 Å². The van der Waals surface area contributed by atoms with E-state index in [9.17, 15) is 14.9 Å². The molecule has 1 unspecified atom stereocenters. The van der Waals surface area contributed by atoms with Gasteiger partial charge < -0.3 is 19.5 Å². The number of carbonyl (C=O) groups excluding carboxylic acids is 1. The minimum atomic E-state index is -0.714. The number of benzene rings is 2. The normalized spacial score (nSPS) is 11.5. The summed E-state index contributed by atoms with van der Waals surface area (Å²) in [5.74, 6) is 1.66. The average molecular weight is 454 g/mol. The minimum absolute atomic E-state index is 0.169. The second-order valence-corrected chi connectivity index (χ2v) is 7.06. The highest BCUT2D eigenvalue weighted by molar-refractivity contribution is 5.93. The van der Waals surface area contributed by atoms with Crippen LogP contribution in [0.15, 0.2) is 54.9 Å². The molecule has 0 fully saturated rings. The molecule has 0 saturated carbocycles.